The van der Waals surface area contributed by atoms with Crippen LogP contribution in [0.25, 0.3) is 22.4 Å². The van der Waals surface area contributed by atoms with Crippen molar-refractivity contribution >= 4 is 23.3 Å². The van der Waals surface area contributed by atoms with E-state index in [9.17, 15) is 0 Å². The molecule has 80 valence electrons. The zero-order valence-corrected chi connectivity index (χ0v) is 9.15. The van der Waals surface area contributed by atoms with Crippen LogP contribution in [0.3, 0.4) is 0 Å². The molecule has 0 aliphatic rings. The summed E-state index contributed by atoms with van der Waals surface area (Å²) in [4.78, 5) is 0. The van der Waals surface area contributed by atoms with Gasteiger partial charge in [-0.15, -0.1) is 0 Å². The second-order valence-corrected chi connectivity index (χ2v) is 3.77. The van der Waals surface area contributed by atoms with Gasteiger partial charge in [0.2, 0.25) is 0 Å². The van der Waals surface area contributed by atoms with Crippen LogP contribution in [0.15, 0.2) is 22.8 Å². The third kappa shape index (κ3) is 1.25. The molecule has 1 N–H and O–H groups in total. The quantitative estimate of drug-likeness (QED) is 0.647. The van der Waals surface area contributed by atoms with Gasteiger partial charge in [-0.1, -0.05) is 0 Å². The van der Waals surface area contributed by atoms with E-state index in [4.69, 9.17) is 12.2 Å². The van der Waals surface area contributed by atoms with E-state index in [1.807, 2.05) is 25.2 Å². The molecule has 0 spiro atoms. The Morgan fingerprint density at radius 3 is 2.88 bits per heavy atom. The molecule has 7 heteroatoms. The Hall–Kier alpha value is -2.02. The Morgan fingerprint density at radius 2 is 2.12 bits per heavy atom. The summed E-state index contributed by atoms with van der Waals surface area (Å²) in [6.45, 7) is 0. The summed E-state index contributed by atoms with van der Waals surface area (Å²) in [5, 5.41) is 14.4. The number of nitrogens with one attached hydrogen (secondary N) is 1. The smallest absolute Gasteiger partial charge is 0.195 e. The first-order valence-corrected chi connectivity index (χ1v) is 5.00. The van der Waals surface area contributed by atoms with E-state index in [-0.39, 0.29) is 0 Å². The van der Waals surface area contributed by atoms with Crippen LogP contribution < -0.4 is 0 Å². The van der Waals surface area contributed by atoms with Gasteiger partial charge in [-0.25, -0.2) is 4.63 Å². The largest absolute Gasteiger partial charge is 0.303 e. The Morgan fingerprint density at radius 1 is 1.31 bits per heavy atom. The predicted octanol–water partition coefficient (Wildman–Crippen LogP) is 1.68. The number of rotatable bonds is 1. The molecular weight excluding hydrogens is 226 g/mol. The molecule has 2 heterocycles. The van der Waals surface area contributed by atoms with Gasteiger partial charge >= 0.3 is 0 Å². The SMILES string of the molecule is Cn1c(-c2ccc3nonc3c2)n[nH]c1=S. The molecule has 0 bridgehead atoms. The second kappa shape index (κ2) is 3.24. The van der Waals surface area contributed by atoms with Crippen LogP contribution in [-0.2, 0) is 7.05 Å². The van der Waals surface area contributed by atoms with Crippen molar-refractivity contribution in [3.8, 4) is 11.4 Å². The third-order valence-corrected chi connectivity index (χ3v) is 2.76. The monoisotopic (exact) mass is 233 g/mol. The molecule has 0 amide bonds. The number of aromatic amines is 1. The van der Waals surface area contributed by atoms with Crippen molar-refractivity contribution in [2.75, 3.05) is 0 Å². The van der Waals surface area contributed by atoms with Crippen molar-refractivity contribution in [1.82, 2.24) is 25.1 Å². The normalized spacial score (nSPS) is 11.1. The summed E-state index contributed by atoms with van der Waals surface area (Å²) >= 11 is 5.05. The number of hydrogen-bond donors (Lipinski definition) is 1. The predicted molar refractivity (Wildman–Crippen MR) is 59.2 cm³/mol. The van der Waals surface area contributed by atoms with Crippen LogP contribution in [0.2, 0.25) is 0 Å². The number of benzene rings is 1. The van der Waals surface area contributed by atoms with E-state index in [1.165, 1.54) is 0 Å². The number of nitrogens with zero attached hydrogens (tertiary/aromatic N) is 4. The standard InChI is InChI=1S/C9H7N5OS/c1-14-8(10-11-9(14)16)5-2-3-6-7(4-5)13-15-12-6/h2-4H,1H3,(H,11,16). The Kier molecular flexibility index (Phi) is 1.87. The van der Waals surface area contributed by atoms with Crippen LogP contribution in [0.4, 0.5) is 0 Å². The fourth-order valence-corrected chi connectivity index (χ4v) is 1.66. The molecule has 6 nitrogen and oxygen atoms in total. The first kappa shape index (κ1) is 9.22. The molecule has 1 aromatic carbocycles. The van der Waals surface area contributed by atoms with Gasteiger partial charge in [-0.2, -0.15) is 5.10 Å². The average molecular weight is 233 g/mol. The molecule has 16 heavy (non-hydrogen) atoms. The minimum Gasteiger partial charge on any atom is -0.303 e. The topological polar surface area (TPSA) is 72.5 Å². The fourth-order valence-electron chi connectivity index (χ4n) is 1.53. The number of H-pyrrole nitrogens is 1. The highest BCUT2D eigenvalue weighted by Gasteiger charge is 2.08. The number of fused-ring (bicyclic) bond motifs is 1. The van der Waals surface area contributed by atoms with Crippen LogP contribution >= 0.6 is 12.2 Å². The van der Waals surface area contributed by atoms with Gasteiger partial charge in [0.25, 0.3) is 0 Å². The van der Waals surface area contributed by atoms with Crippen molar-refractivity contribution in [1.29, 1.82) is 0 Å². The fraction of sp³-hybridized carbons (Fsp3) is 0.111. The van der Waals surface area contributed by atoms with Crippen LogP contribution in [0.5, 0.6) is 0 Å². The molecule has 3 rings (SSSR count). The van der Waals surface area contributed by atoms with Gasteiger partial charge in [0.1, 0.15) is 11.0 Å². The lowest BCUT2D eigenvalue weighted by atomic mass is 10.2. The molecule has 0 aliphatic carbocycles. The molecule has 0 unspecified atom stereocenters. The van der Waals surface area contributed by atoms with Crippen LogP contribution in [-0.4, -0.2) is 25.1 Å². The lowest BCUT2D eigenvalue weighted by molar-refractivity contribution is 0.315. The van der Waals surface area contributed by atoms with E-state index in [0.29, 0.717) is 10.3 Å². The van der Waals surface area contributed by atoms with Crippen molar-refractivity contribution in [3.05, 3.63) is 23.0 Å². The van der Waals surface area contributed by atoms with E-state index >= 15 is 0 Å². The number of aromatic nitrogens is 5. The summed E-state index contributed by atoms with van der Waals surface area (Å²) in [7, 11) is 1.85. The number of hydrogen-bond acceptors (Lipinski definition) is 5. The maximum atomic E-state index is 5.05. The summed E-state index contributed by atoms with van der Waals surface area (Å²) in [5.41, 5.74) is 2.34. The lowest BCUT2D eigenvalue weighted by Gasteiger charge is -1.98. The van der Waals surface area contributed by atoms with Crippen molar-refractivity contribution in [3.63, 3.8) is 0 Å². The molecular formula is C9H7N5OS. The van der Waals surface area contributed by atoms with Gasteiger partial charge in [-0.3, -0.25) is 5.10 Å². The zero-order valence-electron chi connectivity index (χ0n) is 8.34. The Balaban J connectivity index is 2.25. The van der Waals surface area contributed by atoms with Crippen molar-refractivity contribution in [2.24, 2.45) is 7.05 Å². The van der Waals surface area contributed by atoms with Gasteiger partial charge in [0.05, 0.1) is 0 Å². The van der Waals surface area contributed by atoms with Crippen LogP contribution in [0.1, 0.15) is 0 Å². The van der Waals surface area contributed by atoms with Gasteiger partial charge < -0.3 is 4.57 Å². The Bertz CT molecular complexity index is 710. The molecule has 3 aromatic rings. The molecule has 0 saturated carbocycles. The molecule has 0 radical (unpaired) electrons. The summed E-state index contributed by atoms with van der Waals surface area (Å²) in [6.07, 6.45) is 0. The molecule has 0 fully saturated rings. The maximum absolute atomic E-state index is 5.05. The van der Waals surface area contributed by atoms with Gasteiger partial charge in [-0.05, 0) is 40.7 Å². The lowest BCUT2D eigenvalue weighted by Crippen LogP contribution is -1.92. The minimum absolute atomic E-state index is 0.577. The molecule has 0 aliphatic heterocycles. The molecule has 2 aromatic heterocycles. The highest BCUT2D eigenvalue weighted by molar-refractivity contribution is 7.71. The first-order chi connectivity index (χ1) is 7.75. The second-order valence-electron chi connectivity index (χ2n) is 3.38. The van der Waals surface area contributed by atoms with Crippen molar-refractivity contribution < 1.29 is 4.63 Å². The van der Waals surface area contributed by atoms with Gasteiger partial charge in [0.15, 0.2) is 10.6 Å². The minimum atomic E-state index is 0.577. The highest BCUT2D eigenvalue weighted by atomic mass is 32.1. The summed E-state index contributed by atoms with van der Waals surface area (Å²) in [5.74, 6) is 0.759. The van der Waals surface area contributed by atoms with E-state index in [2.05, 4.69) is 25.1 Å². The van der Waals surface area contributed by atoms with E-state index in [1.54, 1.807) is 4.57 Å². The maximum Gasteiger partial charge on any atom is 0.195 e. The van der Waals surface area contributed by atoms with Gasteiger partial charge in [0, 0.05) is 12.6 Å². The third-order valence-electron chi connectivity index (χ3n) is 2.39. The zero-order chi connectivity index (χ0) is 11.1. The first-order valence-electron chi connectivity index (χ1n) is 4.60. The Labute approximate surface area is 94.9 Å². The molecule has 0 atom stereocenters. The van der Waals surface area contributed by atoms with Crippen molar-refractivity contribution in [2.45, 2.75) is 0 Å². The average Bonchev–Trinajstić information content (AvgIpc) is 2.86. The van der Waals surface area contributed by atoms with E-state index in [0.717, 1.165) is 16.9 Å². The highest BCUT2D eigenvalue weighted by Crippen LogP contribution is 2.20. The van der Waals surface area contributed by atoms with Crippen LogP contribution in [0, 0.1) is 4.77 Å². The van der Waals surface area contributed by atoms with E-state index < -0.39 is 0 Å². The molecule has 0 saturated heterocycles. The summed E-state index contributed by atoms with van der Waals surface area (Å²) < 4.78 is 7.01. The summed E-state index contributed by atoms with van der Waals surface area (Å²) in [6, 6.07) is 5.59.